The molecular formula is C12H13Cl2NO4S2. The number of carbonyl (C=O) groups is 1. The maximum Gasteiger partial charge on any atom is 0.328 e. The third-order valence-electron chi connectivity index (χ3n) is 2.31. The summed E-state index contributed by atoms with van der Waals surface area (Å²) in [5.41, 5.74) is 0.399. The largest absolute Gasteiger partial charge is 0.478 e. The van der Waals surface area contributed by atoms with Crippen molar-refractivity contribution in [1.29, 1.82) is 0 Å². The van der Waals surface area contributed by atoms with Gasteiger partial charge < -0.3 is 5.11 Å². The number of hydrogen-bond donors (Lipinski definition) is 2. The summed E-state index contributed by atoms with van der Waals surface area (Å²) in [6, 6.07) is 2.69. The molecule has 1 aromatic rings. The second kappa shape index (κ2) is 8.05. The summed E-state index contributed by atoms with van der Waals surface area (Å²) in [6.45, 7) is 0.261. The van der Waals surface area contributed by atoms with Gasteiger partial charge in [-0.05, 0) is 30.0 Å². The van der Waals surface area contributed by atoms with Gasteiger partial charge in [-0.25, -0.2) is 17.9 Å². The Bertz CT molecular complexity index is 636. The lowest BCUT2D eigenvalue weighted by molar-refractivity contribution is -0.131. The van der Waals surface area contributed by atoms with Crippen LogP contribution in [-0.4, -0.2) is 38.0 Å². The van der Waals surface area contributed by atoms with Crippen LogP contribution in [0.25, 0.3) is 6.08 Å². The highest BCUT2D eigenvalue weighted by Crippen LogP contribution is 2.31. The fourth-order valence-corrected chi connectivity index (χ4v) is 4.15. The normalized spacial score (nSPS) is 12.0. The Morgan fingerprint density at radius 1 is 1.38 bits per heavy atom. The summed E-state index contributed by atoms with van der Waals surface area (Å²) in [5, 5.41) is 8.43. The van der Waals surface area contributed by atoms with Crippen molar-refractivity contribution >= 4 is 57.0 Å². The van der Waals surface area contributed by atoms with Gasteiger partial charge >= 0.3 is 5.97 Å². The number of hydrogen-bond acceptors (Lipinski definition) is 4. The SMILES string of the molecule is CSCCNS(=O)(=O)c1c(Cl)cc(C=CC(=O)O)cc1Cl. The Morgan fingerprint density at radius 3 is 2.43 bits per heavy atom. The van der Waals surface area contributed by atoms with Gasteiger partial charge in [0, 0.05) is 18.4 Å². The van der Waals surface area contributed by atoms with E-state index in [0.717, 1.165) is 6.08 Å². The summed E-state index contributed by atoms with van der Waals surface area (Å²) < 4.78 is 26.6. The number of nitrogens with one attached hydrogen (secondary N) is 1. The van der Waals surface area contributed by atoms with E-state index >= 15 is 0 Å². The van der Waals surface area contributed by atoms with Gasteiger partial charge in [-0.3, -0.25) is 0 Å². The van der Waals surface area contributed by atoms with Crippen LogP contribution < -0.4 is 4.72 Å². The van der Waals surface area contributed by atoms with Crippen molar-refractivity contribution in [2.75, 3.05) is 18.6 Å². The maximum atomic E-state index is 12.1. The molecule has 1 aromatic carbocycles. The topological polar surface area (TPSA) is 83.5 Å². The Hall–Kier alpha value is -0.730. The molecule has 0 aliphatic rings. The minimum atomic E-state index is -3.81. The lowest BCUT2D eigenvalue weighted by atomic mass is 10.2. The molecule has 0 aliphatic heterocycles. The van der Waals surface area contributed by atoms with E-state index in [-0.39, 0.29) is 21.5 Å². The summed E-state index contributed by atoms with van der Waals surface area (Å²) in [6.07, 6.45) is 4.04. The summed E-state index contributed by atoms with van der Waals surface area (Å²) in [5.74, 6) is -0.508. The molecule has 0 amide bonds. The van der Waals surface area contributed by atoms with E-state index in [1.165, 1.54) is 30.0 Å². The molecule has 2 N–H and O–H groups in total. The number of aliphatic carboxylic acids is 1. The van der Waals surface area contributed by atoms with E-state index in [1.54, 1.807) is 0 Å². The first-order valence-electron chi connectivity index (χ1n) is 5.66. The zero-order valence-corrected chi connectivity index (χ0v) is 14.1. The molecule has 0 atom stereocenters. The van der Waals surface area contributed by atoms with Gasteiger partial charge in [0.1, 0.15) is 4.90 Å². The zero-order chi connectivity index (χ0) is 16.0. The molecule has 1 rings (SSSR count). The molecule has 0 bridgehead atoms. The van der Waals surface area contributed by atoms with E-state index in [9.17, 15) is 13.2 Å². The Labute approximate surface area is 137 Å². The monoisotopic (exact) mass is 369 g/mol. The van der Waals surface area contributed by atoms with Gasteiger partial charge in [0.25, 0.3) is 0 Å². The first-order valence-corrected chi connectivity index (χ1v) is 9.30. The van der Waals surface area contributed by atoms with E-state index in [4.69, 9.17) is 28.3 Å². The standard InChI is InChI=1S/C12H13Cl2NO4S2/c1-20-5-4-15-21(18,19)12-9(13)6-8(7-10(12)14)2-3-11(16)17/h2-3,6-7,15H,4-5H2,1H3,(H,16,17). The van der Waals surface area contributed by atoms with Crippen LogP contribution in [0.3, 0.4) is 0 Å². The van der Waals surface area contributed by atoms with Crippen molar-refractivity contribution < 1.29 is 18.3 Å². The summed E-state index contributed by atoms with van der Waals surface area (Å²) in [4.78, 5) is 10.2. The van der Waals surface area contributed by atoms with Crippen LogP contribution in [0.2, 0.25) is 10.0 Å². The van der Waals surface area contributed by atoms with E-state index in [1.807, 2.05) is 6.26 Å². The van der Waals surface area contributed by atoms with Gasteiger partial charge in [-0.15, -0.1) is 0 Å². The predicted molar refractivity (Wildman–Crippen MR) is 86.7 cm³/mol. The number of benzene rings is 1. The lowest BCUT2D eigenvalue weighted by Crippen LogP contribution is -2.26. The van der Waals surface area contributed by atoms with E-state index < -0.39 is 16.0 Å². The van der Waals surface area contributed by atoms with Gasteiger partial charge in [-0.2, -0.15) is 11.8 Å². The molecule has 21 heavy (non-hydrogen) atoms. The fraction of sp³-hybridized carbons (Fsp3) is 0.250. The van der Waals surface area contributed by atoms with E-state index in [2.05, 4.69) is 4.72 Å². The molecule has 0 heterocycles. The molecule has 0 spiro atoms. The smallest absolute Gasteiger partial charge is 0.328 e. The predicted octanol–water partition coefficient (Wildman–Crippen LogP) is 2.73. The molecule has 0 aliphatic carbocycles. The minimum Gasteiger partial charge on any atom is -0.478 e. The molecule has 5 nitrogen and oxygen atoms in total. The fourth-order valence-electron chi connectivity index (χ4n) is 1.45. The summed E-state index contributed by atoms with van der Waals surface area (Å²) >= 11 is 13.4. The van der Waals surface area contributed by atoms with Crippen molar-refractivity contribution in [3.05, 3.63) is 33.8 Å². The van der Waals surface area contributed by atoms with Gasteiger partial charge in [0.2, 0.25) is 10.0 Å². The Balaban J connectivity index is 3.12. The number of sulfonamides is 1. The number of halogens is 2. The highest BCUT2D eigenvalue weighted by Gasteiger charge is 2.21. The first-order chi connectivity index (χ1) is 9.77. The van der Waals surface area contributed by atoms with E-state index in [0.29, 0.717) is 11.3 Å². The molecule has 0 fully saturated rings. The van der Waals surface area contributed by atoms with Crippen molar-refractivity contribution in [1.82, 2.24) is 4.72 Å². The van der Waals surface area contributed by atoms with Gasteiger partial charge in [-0.1, -0.05) is 23.2 Å². The third-order valence-corrected chi connectivity index (χ3v) is 5.30. The number of rotatable bonds is 7. The lowest BCUT2D eigenvalue weighted by Gasteiger charge is -2.10. The molecule has 0 aromatic heterocycles. The number of thioether (sulfide) groups is 1. The van der Waals surface area contributed by atoms with Crippen LogP contribution in [0.4, 0.5) is 0 Å². The van der Waals surface area contributed by atoms with Crippen LogP contribution in [0, 0.1) is 0 Å². The average molecular weight is 370 g/mol. The second-order valence-corrected chi connectivity index (χ2v) is 7.38. The van der Waals surface area contributed by atoms with Crippen molar-refractivity contribution in [2.24, 2.45) is 0 Å². The highest BCUT2D eigenvalue weighted by molar-refractivity contribution is 7.98. The zero-order valence-electron chi connectivity index (χ0n) is 11.0. The maximum absolute atomic E-state index is 12.1. The molecular weight excluding hydrogens is 357 g/mol. The Morgan fingerprint density at radius 2 is 1.95 bits per heavy atom. The van der Waals surface area contributed by atoms with Gasteiger partial charge in [0.15, 0.2) is 0 Å². The van der Waals surface area contributed by atoms with Crippen LogP contribution in [0.15, 0.2) is 23.1 Å². The second-order valence-electron chi connectivity index (χ2n) is 3.88. The Kier molecular flexibility index (Phi) is 7.02. The quantitative estimate of drug-likeness (QED) is 0.570. The average Bonchev–Trinajstić information content (AvgIpc) is 2.35. The van der Waals surface area contributed by atoms with Crippen LogP contribution in [-0.2, 0) is 14.8 Å². The number of carboxylic acids is 1. The minimum absolute atomic E-state index is 0.0656. The molecule has 0 saturated carbocycles. The van der Waals surface area contributed by atoms with Gasteiger partial charge in [0.05, 0.1) is 10.0 Å². The van der Waals surface area contributed by atoms with Crippen LogP contribution in [0.5, 0.6) is 0 Å². The molecule has 0 radical (unpaired) electrons. The van der Waals surface area contributed by atoms with Crippen molar-refractivity contribution in [3.63, 3.8) is 0 Å². The molecule has 9 heteroatoms. The third kappa shape index (κ3) is 5.52. The number of carboxylic acid groups (broad SMARTS) is 1. The highest BCUT2D eigenvalue weighted by atomic mass is 35.5. The van der Waals surface area contributed by atoms with Crippen molar-refractivity contribution in [2.45, 2.75) is 4.90 Å². The summed E-state index contributed by atoms with van der Waals surface area (Å²) in [7, 11) is -3.81. The molecule has 116 valence electrons. The molecule has 0 saturated heterocycles. The van der Waals surface area contributed by atoms with Crippen molar-refractivity contribution in [3.8, 4) is 0 Å². The molecule has 0 unspecified atom stereocenters. The van der Waals surface area contributed by atoms with Crippen LogP contribution >= 0.6 is 35.0 Å². The first kappa shape index (κ1) is 18.3. The van der Waals surface area contributed by atoms with Crippen LogP contribution in [0.1, 0.15) is 5.56 Å².